The molecule has 0 unspecified atom stereocenters. The molecule has 0 bridgehead atoms. The minimum atomic E-state index is -0.0471. The van der Waals surface area contributed by atoms with Gasteiger partial charge >= 0.3 is 0 Å². The molecular formula is C13H21N3O. The second kappa shape index (κ2) is 5.77. The highest BCUT2D eigenvalue weighted by molar-refractivity contribution is 5.78. The maximum Gasteiger partial charge on any atom is 0.228 e. The lowest BCUT2D eigenvalue weighted by Crippen LogP contribution is -2.40. The molecule has 0 aliphatic rings. The second-order valence-corrected chi connectivity index (χ2v) is 5.12. The SMILES string of the molecule is CN(CC(C)(C)CN)C(=O)Cc1ccccn1. The molecule has 4 heteroatoms. The number of aromatic nitrogens is 1. The molecule has 0 atom stereocenters. The van der Waals surface area contributed by atoms with Crippen molar-refractivity contribution in [1.29, 1.82) is 0 Å². The maximum absolute atomic E-state index is 12.0. The van der Waals surface area contributed by atoms with Gasteiger partial charge in [-0.15, -0.1) is 0 Å². The van der Waals surface area contributed by atoms with Gasteiger partial charge in [-0.25, -0.2) is 0 Å². The van der Waals surface area contributed by atoms with Crippen LogP contribution >= 0.6 is 0 Å². The van der Waals surface area contributed by atoms with Crippen LogP contribution in [0.2, 0.25) is 0 Å². The van der Waals surface area contributed by atoms with E-state index in [4.69, 9.17) is 5.73 Å². The Morgan fingerprint density at radius 2 is 2.18 bits per heavy atom. The molecule has 1 aromatic heterocycles. The summed E-state index contributed by atoms with van der Waals surface area (Å²) in [6, 6.07) is 5.59. The van der Waals surface area contributed by atoms with E-state index in [1.807, 2.05) is 25.2 Å². The zero-order valence-electron chi connectivity index (χ0n) is 10.8. The Morgan fingerprint density at radius 3 is 2.71 bits per heavy atom. The first-order chi connectivity index (χ1) is 7.94. The lowest BCUT2D eigenvalue weighted by molar-refractivity contribution is -0.130. The minimum absolute atomic E-state index is 0.0471. The fourth-order valence-electron chi connectivity index (χ4n) is 1.59. The molecule has 94 valence electrons. The van der Waals surface area contributed by atoms with Gasteiger partial charge in [-0.2, -0.15) is 0 Å². The molecular weight excluding hydrogens is 214 g/mol. The van der Waals surface area contributed by atoms with Gasteiger partial charge in [-0.3, -0.25) is 9.78 Å². The van der Waals surface area contributed by atoms with E-state index in [1.165, 1.54) is 0 Å². The van der Waals surface area contributed by atoms with Crippen molar-refractivity contribution < 1.29 is 4.79 Å². The molecule has 1 amide bonds. The molecule has 4 nitrogen and oxygen atoms in total. The van der Waals surface area contributed by atoms with Crippen LogP contribution in [0, 0.1) is 5.41 Å². The molecule has 0 radical (unpaired) electrons. The van der Waals surface area contributed by atoms with Crippen LogP contribution in [0.5, 0.6) is 0 Å². The van der Waals surface area contributed by atoms with E-state index in [-0.39, 0.29) is 11.3 Å². The highest BCUT2D eigenvalue weighted by Gasteiger charge is 2.21. The van der Waals surface area contributed by atoms with Gasteiger partial charge in [0.05, 0.1) is 6.42 Å². The van der Waals surface area contributed by atoms with E-state index in [2.05, 4.69) is 18.8 Å². The Kier molecular flexibility index (Phi) is 4.63. The average molecular weight is 235 g/mol. The fraction of sp³-hybridized carbons (Fsp3) is 0.538. The van der Waals surface area contributed by atoms with Crippen molar-refractivity contribution in [2.45, 2.75) is 20.3 Å². The summed E-state index contributed by atoms with van der Waals surface area (Å²) < 4.78 is 0. The van der Waals surface area contributed by atoms with Crippen molar-refractivity contribution >= 4 is 5.91 Å². The number of nitrogens with two attached hydrogens (primary N) is 1. The minimum Gasteiger partial charge on any atom is -0.345 e. The first kappa shape index (κ1) is 13.6. The molecule has 0 saturated carbocycles. The standard InChI is InChI=1S/C13H21N3O/c1-13(2,9-14)10-16(3)12(17)8-11-6-4-5-7-15-11/h4-7H,8-10,14H2,1-3H3. The van der Waals surface area contributed by atoms with Gasteiger partial charge in [-0.1, -0.05) is 19.9 Å². The maximum atomic E-state index is 12.0. The number of hydrogen-bond donors (Lipinski definition) is 1. The molecule has 0 aliphatic carbocycles. The van der Waals surface area contributed by atoms with E-state index in [1.54, 1.807) is 11.1 Å². The molecule has 2 N–H and O–H groups in total. The summed E-state index contributed by atoms with van der Waals surface area (Å²) >= 11 is 0. The molecule has 0 fully saturated rings. The lowest BCUT2D eigenvalue weighted by atomic mass is 9.93. The average Bonchev–Trinajstić information content (AvgIpc) is 2.30. The van der Waals surface area contributed by atoms with Crippen LogP contribution in [0.4, 0.5) is 0 Å². The van der Waals surface area contributed by atoms with E-state index in [0.717, 1.165) is 5.69 Å². The number of likely N-dealkylation sites (N-methyl/N-ethyl adjacent to an activating group) is 1. The van der Waals surface area contributed by atoms with Gasteiger partial charge in [0.1, 0.15) is 0 Å². The normalized spacial score (nSPS) is 11.3. The fourth-order valence-corrected chi connectivity index (χ4v) is 1.59. The molecule has 0 aliphatic heterocycles. The molecule has 1 aromatic rings. The van der Waals surface area contributed by atoms with E-state index in [0.29, 0.717) is 19.5 Å². The number of hydrogen-bond acceptors (Lipinski definition) is 3. The highest BCUT2D eigenvalue weighted by Crippen LogP contribution is 2.14. The van der Waals surface area contributed by atoms with Gasteiger partial charge in [0.25, 0.3) is 0 Å². The van der Waals surface area contributed by atoms with Crippen LogP contribution in [0.25, 0.3) is 0 Å². The van der Waals surface area contributed by atoms with Crippen molar-refractivity contribution in [2.75, 3.05) is 20.1 Å². The predicted octanol–water partition coefficient (Wildman–Crippen LogP) is 1.07. The summed E-state index contributed by atoms with van der Waals surface area (Å²) in [6.07, 6.45) is 2.05. The van der Waals surface area contributed by atoms with Crippen molar-refractivity contribution in [1.82, 2.24) is 9.88 Å². The third kappa shape index (κ3) is 4.53. The number of pyridine rings is 1. The summed E-state index contributed by atoms with van der Waals surface area (Å²) in [7, 11) is 1.81. The molecule has 0 saturated heterocycles. The van der Waals surface area contributed by atoms with Gasteiger partial charge < -0.3 is 10.6 Å². The van der Waals surface area contributed by atoms with Crippen LogP contribution in [-0.4, -0.2) is 35.9 Å². The van der Waals surface area contributed by atoms with Crippen LogP contribution in [-0.2, 0) is 11.2 Å². The second-order valence-electron chi connectivity index (χ2n) is 5.12. The van der Waals surface area contributed by atoms with Gasteiger partial charge in [-0.05, 0) is 24.1 Å². The zero-order chi connectivity index (χ0) is 12.9. The van der Waals surface area contributed by atoms with Gasteiger partial charge in [0.15, 0.2) is 0 Å². The highest BCUT2D eigenvalue weighted by atomic mass is 16.2. The Balaban J connectivity index is 2.54. The molecule has 17 heavy (non-hydrogen) atoms. The summed E-state index contributed by atoms with van der Waals surface area (Å²) in [4.78, 5) is 17.8. The Morgan fingerprint density at radius 1 is 1.47 bits per heavy atom. The first-order valence-corrected chi connectivity index (χ1v) is 5.78. The zero-order valence-corrected chi connectivity index (χ0v) is 10.8. The first-order valence-electron chi connectivity index (χ1n) is 5.78. The van der Waals surface area contributed by atoms with Crippen molar-refractivity contribution in [3.8, 4) is 0 Å². The largest absolute Gasteiger partial charge is 0.345 e. The Bertz CT molecular complexity index is 362. The van der Waals surface area contributed by atoms with E-state index in [9.17, 15) is 4.79 Å². The van der Waals surface area contributed by atoms with Crippen molar-refractivity contribution in [3.05, 3.63) is 30.1 Å². The van der Waals surface area contributed by atoms with Crippen LogP contribution in [0.1, 0.15) is 19.5 Å². The lowest BCUT2D eigenvalue weighted by Gasteiger charge is -2.29. The van der Waals surface area contributed by atoms with E-state index >= 15 is 0 Å². The summed E-state index contributed by atoms with van der Waals surface area (Å²) in [5.41, 5.74) is 6.41. The number of carbonyl (C=O) groups excluding carboxylic acids is 1. The van der Waals surface area contributed by atoms with Crippen LogP contribution in [0.3, 0.4) is 0 Å². The molecule has 1 rings (SSSR count). The van der Waals surface area contributed by atoms with E-state index < -0.39 is 0 Å². The van der Waals surface area contributed by atoms with Gasteiger partial charge in [0, 0.05) is 25.5 Å². The topological polar surface area (TPSA) is 59.2 Å². The summed E-state index contributed by atoms with van der Waals surface area (Å²) in [5.74, 6) is 0.0743. The number of nitrogens with zero attached hydrogens (tertiary/aromatic N) is 2. The van der Waals surface area contributed by atoms with Crippen LogP contribution in [0.15, 0.2) is 24.4 Å². The third-order valence-corrected chi connectivity index (χ3v) is 2.70. The van der Waals surface area contributed by atoms with Crippen molar-refractivity contribution in [2.24, 2.45) is 11.1 Å². The molecule has 0 aromatic carbocycles. The predicted molar refractivity (Wildman–Crippen MR) is 68.4 cm³/mol. The van der Waals surface area contributed by atoms with Crippen LogP contribution < -0.4 is 5.73 Å². The third-order valence-electron chi connectivity index (χ3n) is 2.70. The summed E-state index contributed by atoms with van der Waals surface area (Å²) in [5, 5.41) is 0. The Labute approximate surface area is 103 Å². The molecule has 1 heterocycles. The molecule has 0 spiro atoms. The quantitative estimate of drug-likeness (QED) is 0.830. The smallest absolute Gasteiger partial charge is 0.228 e. The van der Waals surface area contributed by atoms with Crippen molar-refractivity contribution in [3.63, 3.8) is 0 Å². The summed E-state index contributed by atoms with van der Waals surface area (Å²) in [6.45, 7) is 5.33. The number of carbonyl (C=O) groups is 1. The van der Waals surface area contributed by atoms with Gasteiger partial charge in [0.2, 0.25) is 5.91 Å². The Hall–Kier alpha value is -1.42. The number of rotatable bonds is 5. The monoisotopic (exact) mass is 235 g/mol. The number of amides is 1.